The number of amides is 1. The van der Waals surface area contributed by atoms with E-state index in [0.29, 0.717) is 24.0 Å². The molecule has 0 saturated heterocycles. The molecule has 0 aliphatic heterocycles. The maximum atomic E-state index is 11.9. The van der Waals surface area contributed by atoms with Gasteiger partial charge in [0.05, 0.1) is 19.8 Å². The molecular weight excluding hydrogens is 320 g/mol. The number of benzene rings is 2. The van der Waals surface area contributed by atoms with E-state index in [0.717, 1.165) is 5.56 Å². The van der Waals surface area contributed by atoms with Gasteiger partial charge in [-0.3, -0.25) is 10.2 Å². The lowest BCUT2D eigenvalue weighted by Gasteiger charge is -2.17. The molecule has 2 aromatic carbocycles. The number of carbonyl (C=O) groups excluding carboxylic acids is 1. The topological polar surface area (TPSA) is 82.8 Å². The van der Waals surface area contributed by atoms with Crippen LogP contribution in [0.25, 0.3) is 0 Å². The number of nitrogens with one attached hydrogen (secondary N) is 1. The van der Waals surface area contributed by atoms with Gasteiger partial charge in [-0.2, -0.15) is 0 Å². The number of hydrogen-bond acceptors (Lipinski definition) is 5. The summed E-state index contributed by atoms with van der Waals surface area (Å²) >= 11 is 0. The first-order valence-corrected chi connectivity index (χ1v) is 7.99. The average Bonchev–Trinajstić information content (AvgIpc) is 2.64. The number of rotatable bonds is 7. The zero-order valence-corrected chi connectivity index (χ0v) is 15.0. The van der Waals surface area contributed by atoms with E-state index in [1.54, 1.807) is 12.1 Å². The first-order chi connectivity index (χ1) is 12.0. The van der Waals surface area contributed by atoms with E-state index in [1.165, 1.54) is 19.8 Å². The van der Waals surface area contributed by atoms with Crippen molar-refractivity contribution in [2.24, 2.45) is 5.84 Å². The van der Waals surface area contributed by atoms with Crippen LogP contribution < -0.4 is 25.5 Å². The molecule has 0 bridgehead atoms. The van der Waals surface area contributed by atoms with Gasteiger partial charge in [-0.05, 0) is 29.2 Å². The quantitative estimate of drug-likeness (QED) is 0.458. The van der Waals surface area contributed by atoms with E-state index >= 15 is 0 Å². The maximum absolute atomic E-state index is 11.9. The standard InChI is InChI=1S/C19H24N2O4/c1-12(2)14-7-5-13(6-8-14)11-25-18-16(23-3)10-9-15(17(18)24-4)19(22)21-20/h5-10,12H,11,20H2,1-4H3,(H,21,22). The minimum Gasteiger partial charge on any atom is -0.493 e. The van der Waals surface area contributed by atoms with E-state index in [-0.39, 0.29) is 11.3 Å². The number of hydrazine groups is 1. The summed E-state index contributed by atoms with van der Waals surface area (Å²) in [5, 5.41) is 0. The summed E-state index contributed by atoms with van der Waals surface area (Å²) in [5.74, 6) is 6.35. The molecule has 134 valence electrons. The predicted molar refractivity (Wildman–Crippen MR) is 96.1 cm³/mol. The van der Waals surface area contributed by atoms with Gasteiger partial charge in [-0.1, -0.05) is 38.1 Å². The summed E-state index contributed by atoms with van der Waals surface area (Å²) < 4.78 is 16.6. The highest BCUT2D eigenvalue weighted by Crippen LogP contribution is 2.40. The summed E-state index contributed by atoms with van der Waals surface area (Å²) in [6, 6.07) is 11.4. The molecule has 0 fully saturated rings. The fourth-order valence-corrected chi connectivity index (χ4v) is 2.46. The number of nitrogens with two attached hydrogens (primary N) is 1. The van der Waals surface area contributed by atoms with Gasteiger partial charge in [0.2, 0.25) is 5.75 Å². The van der Waals surface area contributed by atoms with Gasteiger partial charge >= 0.3 is 0 Å². The summed E-state index contributed by atoms with van der Waals surface area (Å²) in [6.07, 6.45) is 0. The summed E-state index contributed by atoms with van der Waals surface area (Å²) in [5.41, 5.74) is 4.64. The van der Waals surface area contributed by atoms with Gasteiger partial charge in [-0.25, -0.2) is 5.84 Å². The van der Waals surface area contributed by atoms with Crippen LogP contribution >= 0.6 is 0 Å². The van der Waals surface area contributed by atoms with Gasteiger partial charge in [0, 0.05) is 0 Å². The van der Waals surface area contributed by atoms with E-state index < -0.39 is 5.91 Å². The van der Waals surface area contributed by atoms with Crippen LogP contribution in [0, 0.1) is 0 Å². The summed E-state index contributed by atoms with van der Waals surface area (Å²) in [6.45, 7) is 4.61. The molecule has 0 aliphatic rings. The van der Waals surface area contributed by atoms with E-state index in [4.69, 9.17) is 20.1 Å². The van der Waals surface area contributed by atoms with Gasteiger partial charge in [-0.15, -0.1) is 0 Å². The molecule has 0 saturated carbocycles. The van der Waals surface area contributed by atoms with Crippen molar-refractivity contribution in [3.8, 4) is 17.2 Å². The Morgan fingerprint density at radius 3 is 2.24 bits per heavy atom. The largest absolute Gasteiger partial charge is 0.493 e. The second-order valence-electron chi connectivity index (χ2n) is 5.84. The van der Waals surface area contributed by atoms with Gasteiger partial charge < -0.3 is 14.2 Å². The molecule has 25 heavy (non-hydrogen) atoms. The third-order valence-corrected chi connectivity index (χ3v) is 3.91. The molecule has 0 atom stereocenters. The number of methoxy groups -OCH3 is 2. The third kappa shape index (κ3) is 4.22. The lowest BCUT2D eigenvalue weighted by molar-refractivity contribution is 0.0949. The molecule has 6 heteroatoms. The monoisotopic (exact) mass is 344 g/mol. The third-order valence-electron chi connectivity index (χ3n) is 3.91. The minimum absolute atomic E-state index is 0.274. The molecule has 0 heterocycles. The Balaban J connectivity index is 2.29. The molecule has 3 N–H and O–H groups in total. The lowest BCUT2D eigenvalue weighted by atomic mass is 10.0. The van der Waals surface area contributed by atoms with Gasteiger partial charge in [0.15, 0.2) is 11.5 Å². The maximum Gasteiger partial charge on any atom is 0.269 e. The van der Waals surface area contributed by atoms with E-state index in [9.17, 15) is 4.79 Å². The zero-order valence-electron chi connectivity index (χ0n) is 15.0. The first kappa shape index (κ1) is 18.6. The van der Waals surface area contributed by atoms with Gasteiger partial charge in [0.1, 0.15) is 6.61 Å². The molecule has 0 spiro atoms. The molecule has 6 nitrogen and oxygen atoms in total. The Morgan fingerprint density at radius 1 is 1.04 bits per heavy atom. The smallest absolute Gasteiger partial charge is 0.269 e. The number of carbonyl (C=O) groups is 1. The van der Waals surface area contributed by atoms with Crippen LogP contribution in [0.2, 0.25) is 0 Å². The molecule has 0 aromatic heterocycles. The number of nitrogen functional groups attached to an aromatic ring is 1. The van der Waals surface area contributed by atoms with E-state index in [2.05, 4.69) is 31.4 Å². The van der Waals surface area contributed by atoms with Crippen LogP contribution in [0.5, 0.6) is 17.2 Å². The van der Waals surface area contributed by atoms with Crippen molar-refractivity contribution >= 4 is 5.91 Å². The van der Waals surface area contributed by atoms with Crippen molar-refractivity contribution in [1.82, 2.24) is 5.43 Å². The summed E-state index contributed by atoms with van der Waals surface area (Å²) in [7, 11) is 2.99. The fourth-order valence-electron chi connectivity index (χ4n) is 2.46. The van der Waals surface area contributed by atoms with Crippen molar-refractivity contribution < 1.29 is 19.0 Å². The molecule has 1 amide bonds. The molecule has 0 radical (unpaired) electrons. The Kier molecular flexibility index (Phi) is 6.25. The molecule has 0 unspecified atom stereocenters. The van der Waals surface area contributed by atoms with Crippen LogP contribution in [0.1, 0.15) is 41.3 Å². The molecule has 2 rings (SSSR count). The van der Waals surface area contributed by atoms with Crippen LogP contribution in [0.3, 0.4) is 0 Å². The molecule has 0 aliphatic carbocycles. The zero-order chi connectivity index (χ0) is 18.4. The Morgan fingerprint density at radius 2 is 1.72 bits per heavy atom. The van der Waals surface area contributed by atoms with Crippen molar-refractivity contribution in [2.45, 2.75) is 26.4 Å². The second kappa shape index (κ2) is 8.39. The lowest BCUT2D eigenvalue weighted by Crippen LogP contribution is -2.30. The highest BCUT2D eigenvalue weighted by Gasteiger charge is 2.20. The predicted octanol–water partition coefficient (Wildman–Crippen LogP) is 3.01. The highest BCUT2D eigenvalue weighted by atomic mass is 16.5. The first-order valence-electron chi connectivity index (χ1n) is 7.99. The Labute approximate surface area is 147 Å². The second-order valence-corrected chi connectivity index (χ2v) is 5.84. The van der Waals surface area contributed by atoms with Crippen molar-refractivity contribution in [2.75, 3.05) is 14.2 Å². The van der Waals surface area contributed by atoms with Crippen molar-refractivity contribution in [3.63, 3.8) is 0 Å². The Hall–Kier alpha value is -2.73. The SMILES string of the molecule is COc1ccc(C(=O)NN)c(OC)c1OCc1ccc(C(C)C)cc1. The van der Waals surface area contributed by atoms with Crippen molar-refractivity contribution in [1.29, 1.82) is 0 Å². The highest BCUT2D eigenvalue weighted by molar-refractivity contribution is 5.97. The average molecular weight is 344 g/mol. The number of ether oxygens (including phenoxy) is 3. The molecule has 2 aromatic rings. The number of hydrogen-bond donors (Lipinski definition) is 2. The molecular formula is C19H24N2O4. The Bertz CT molecular complexity index is 727. The normalized spacial score (nSPS) is 10.5. The van der Waals surface area contributed by atoms with Crippen LogP contribution in [0.4, 0.5) is 0 Å². The van der Waals surface area contributed by atoms with Crippen LogP contribution in [-0.4, -0.2) is 20.1 Å². The summed E-state index contributed by atoms with van der Waals surface area (Å²) in [4.78, 5) is 11.9. The van der Waals surface area contributed by atoms with Crippen molar-refractivity contribution in [3.05, 3.63) is 53.1 Å². The van der Waals surface area contributed by atoms with E-state index in [1.807, 2.05) is 12.1 Å². The van der Waals surface area contributed by atoms with Crippen LogP contribution in [0.15, 0.2) is 36.4 Å². The van der Waals surface area contributed by atoms with Crippen LogP contribution in [-0.2, 0) is 6.61 Å². The fraction of sp³-hybridized carbons (Fsp3) is 0.316. The van der Waals surface area contributed by atoms with Gasteiger partial charge in [0.25, 0.3) is 5.91 Å². The minimum atomic E-state index is -0.467.